The van der Waals surface area contributed by atoms with Gasteiger partial charge in [-0.25, -0.2) is 23.8 Å². The maximum atomic E-state index is 13.5. The van der Waals surface area contributed by atoms with Crippen LogP contribution in [0, 0.1) is 5.82 Å². The van der Waals surface area contributed by atoms with Crippen LogP contribution in [-0.4, -0.2) is 43.8 Å². The number of benzene rings is 2. The predicted octanol–water partition coefficient (Wildman–Crippen LogP) is 5.21. The molecule has 5 rings (SSSR count). The predicted molar refractivity (Wildman–Crippen MR) is 132 cm³/mol. The van der Waals surface area contributed by atoms with Crippen molar-refractivity contribution >= 4 is 17.6 Å². The minimum Gasteiger partial charge on any atom is -0.334 e. The lowest BCUT2D eigenvalue weighted by Crippen LogP contribution is -2.45. The van der Waals surface area contributed by atoms with Gasteiger partial charge in [0.25, 0.3) is 5.95 Å². The van der Waals surface area contributed by atoms with Crippen molar-refractivity contribution in [2.75, 3.05) is 13.1 Å². The number of carbonyl (C=O) groups excluding carboxylic acids is 1. The second kappa shape index (κ2) is 10.2. The third-order valence-corrected chi connectivity index (χ3v) is 6.50. The zero-order valence-corrected chi connectivity index (χ0v) is 19.7. The Hall–Kier alpha value is -3.78. The van der Waals surface area contributed by atoms with Gasteiger partial charge >= 0.3 is 6.03 Å². The Bertz CT molecular complexity index is 1310. The van der Waals surface area contributed by atoms with E-state index >= 15 is 0 Å². The molecule has 1 aliphatic heterocycles. The lowest BCUT2D eigenvalue weighted by molar-refractivity contribution is 0.178. The molecule has 1 aliphatic rings. The smallest absolute Gasteiger partial charge is 0.317 e. The number of urea groups is 1. The maximum absolute atomic E-state index is 13.5. The van der Waals surface area contributed by atoms with E-state index in [0.717, 1.165) is 29.7 Å². The molecule has 1 N–H and O–H groups in total. The number of carbonyl (C=O) groups is 1. The summed E-state index contributed by atoms with van der Waals surface area (Å²) in [6, 6.07) is 17.3. The second-order valence-electron chi connectivity index (χ2n) is 8.46. The molecule has 9 heteroatoms. The minimum atomic E-state index is -0.300. The molecule has 0 aliphatic carbocycles. The molecule has 3 heterocycles. The van der Waals surface area contributed by atoms with Crippen LogP contribution in [0.2, 0.25) is 5.02 Å². The fourth-order valence-electron chi connectivity index (χ4n) is 4.34. The van der Waals surface area contributed by atoms with Crippen LogP contribution >= 0.6 is 11.6 Å². The Morgan fingerprint density at radius 3 is 2.63 bits per heavy atom. The lowest BCUT2D eigenvalue weighted by Gasteiger charge is -2.33. The maximum Gasteiger partial charge on any atom is 0.317 e. The van der Waals surface area contributed by atoms with Crippen LogP contribution in [0.5, 0.6) is 0 Å². The first-order valence-corrected chi connectivity index (χ1v) is 11.9. The van der Waals surface area contributed by atoms with Gasteiger partial charge in [0.15, 0.2) is 0 Å². The normalized spacial score (nSPS) is 15.7. The van der Waals surface area contributed by atoms with E-state index in [9.17, 15) is 9.18 Å². The summed E-state index contributed by atoms with van der Waals surface area (Å²) in [5.74, 6) is 0.196. The summed E-state index contributed by atoms with van der Waals surface area (Å²) in [6.45, 7) is 1.57. The van der Waals surface area contributed by atoms with E-state index in [1.54, 1.807) is 35.3 Å². The fourth-order valence-corrected chi connectivity index (χ4v) is 4.54. The van der Waals surface area contributed by atoms with Crippen molar-refractivity contribution in [3.63, 3.8) is 0 Å². The van der Waals surface area contributed by atoms with Gasteiger partial charge in [-0.1, -0.05) is 29.8 Å². The van der Waals surface area contributed by atoms with Crippen molar-refractivity contribution < 1.29 is 9.18 Å². The van der Waals surface area contributed by atoms with Gasteiger partial charge in [-0.3, -0.25) is 0 Å². The van der Waals surface area contributed by atoms with Crippen LogP contribution < -0.4 is 5.32 Å². The number of hydrogen-bond acceptors (Lipinski definition) is 4. The van der Waals surface area contributed by atoms with Gasteiger partial charge in [-0.05, 0) is 60.9 Å². The lowest BCUT2D eigenvalue weighted by atomic mass is 9.94. The standard InChI is InChI=1S/C26H24ClFN6O/c27-22-7-2-1-5-19(22)16-31-26(35)33-14-3-6-20(17-33)24-15-23(18-8-10-21(28)11-9-18)32-34(24)25-29-12-4-13-30-25/h1-2,4-5,7-13,15,20H,3,6,14,16-17H2,(H,31,35). The Labute approximate surface area is 207 Å². The zero-order valence-electron chi connectivity index (χ0n) is 18.9. The molecule has 1 saturated heterocycles. The van der Waals surface area contributed by atoms with E-state index in [1.165, 1.54) is 12.1 Å². The van der Waals surface area contributed by atoms with Crippen molar-refractivity contribution in [3.8, 4) is 17.2 Å². The Morgan fingerprint density at radius 2 is 1.86 bits per heavy atom. The third-order valence-electron chi connectivity index (χ3n) is 6.13. The number of likely N-dealkylation sites (tertiary alicyclic amines) is 1. The Balaban J connectivity index is 1.38. The molecule has 2 aromatic carbocycles. The molecular formula is C26H24ClFN6O. The summed E-state index contributed by atoms with van der Waals surface area (Å²) in [5, 5.41) is 8.36. The summed E-state index contributed by atoms with van der Waals surface area (Å²) >= 11 is 6.23. The van der Waals surface area contributed by atoms with Crippen LogP contribution in [0.3, 0.4) is 0 Å². The number of nitrogens with one attached hydrogen (secondary N) is 1. The molecular weight excluding hydrogens is 467 g/mol. The molecule has 2 aromatic heterocycles. The Morgan fingerprint density at radius 1 is 1.09 bits per heavy atom. The molecule has 7 nitrogen and oxygen atoms in total. The summed E-state index contributed by atoms with van der Waals surface area (Å²) in [5.41, 5.74) is 3.29. The molecule has 0 bridgehead atoms. The number of amides is 2. The van der Waals surface area contributed by atoms with E-state index in [2.05, 4.69) is 15.3 Å². The zero-order chi connectivity index (χ0) is 24.2. The average molecular weight is 491 g/mol. The molecule has 1 atom stereocenters. The van der Waals surface area contributed by atoms with E-state index in [4.69, 9.17) is 16.7 Å². The highest BCUT2D eigenvalue weighted by Crippen LogP contribution is 2.31. The number of aromatic nitrogens is 4. The monoisotopic (exact) mass is 490 g/mol. The molecule has 0 radical (unpaired) electrons. The summed E-state index contributed by atoms with van der Waals surface area (Å²) < 4.78 is 15.2. The quantitative estimate of drug-likeness (QED) is 0.416. The highest BCUT2D eigenvalue weighted by Gasteiger charge is 2.29. The van der Waals surface area contributed by atoms with Crippen LogP contribution in [0.15, 0.2) is 73.1 Å². The van der Waals surface area contributed by atoms with Crippen molar-refractivity contribution in [1.29, 1.82) is 0 Å². The van der Waals surface area contributed by atoms with Gasteiger partial charge in [0.2, 0.25) is 0 Å². The Kier molecular flexibility index (Phi) is 6.72. The topological polar surface area (TPSA) is 75.9 Å². The molecule has 178 valence electrons. The molecule has 1 fully saturated rings. The largest absolute Gasteiger partial charge is 0.334 e. The van der Waals surface area contributed by atoms with E-state index < -0.39 is 0 Å². The highest BCUT2D eigenvalue weighted by molar-refractivity contribution is 6.31. The number of rotatable bonds is 5. The SMILES string of the molecule is O=C(NCc1ccccc1Cl)N1CCCC(c2cc(-c3ccc(F)cc3)nn2-c2ncccn2)C1. The first-order chi connectivity index (χ1) is 17.1. The van der Waals surface area contributed by atoms with Crippen LogP contribution in [0.1, 0.15) is 30.0 Å². The number of piperidine rings is 1. The van der Waals surface area contributed by atoms with Crippen LogP contribution in [0.4, 0.5) is 9.18 Å². The second-order valence-corrected chi connectivity index (χ2v) is 8.86. The molecule has 35 heavy (non-hydrogen) atoms. The van der Waals surface area contributed by atoms with E-state index in [1.807, 2.05) is 35.2 Å². The summed E-state index contributed by atoms with van der Waals surface area (Å²) in [6.07, 6.45) is 5.09. The van der Waals surface area contributed by atoms with Gasteiger partial charge in [-0.15, -0.1) is 0 Å². The van der Waals surface area contributed by atoms with E-state index in [0.29, 0.717) is 36.3 Å². The highest BCUT2D eigenvalue weighted by atomic mass is 35.5. The molecule has 4 aromatic rings. The number of halogens is 2. The van der Waals surface area contributed by atoms with Crippen molar-refractivity contribution in [2.45, 2.75) is 25.3 Å². The fraction of sp³-hybridized carbons (Fsp3) is 0.231. The molecule has 0 saturated carbocycles. The van der Waals surface area contributed by atoms with Gasteiger partial charge in [-0.2, -0.15) is 5.10 Å². The van der Waals surface area contributed by atoms with Gasteiger partial charge in [0.05, 0.1) is 11.4 Å². The van der Waals surface area contributed by atoms with Gasteiger partial charge in [0, 0.05) is 48.5 Å². The minimum absolute atomic E-state index is 0.0420. The third kappa shape index (κ3) is 5.17. The van der Waals surface area contributed by atoms with Crippen molar-refractivity contribution in [3.05, 3.63) is 95.2 Å². The van der Waals surface area contributed by atoms with Crippen LogP contribution in [0.25, 0.3) is 17.2 Å². The van der Waals surface area contributed by atoms with Crippen LogP contribution in [-0.2, 0) is 6.54 Å². The van der Waals surface area contributed by atoms with Crippen molar-refractivity contribution in [2.24, 2.45) is 0 Å². The number of hydrogen-bond donors (Lipinski definition) is 1. The molecule has 1 unspecified atom stereocenters. The van der Waals surface area contributed by atoms with Crippen molar-refractivity contribution in [1.82, 2.24) is 30.0 Å². The average Bonchev–Trinajstić information content (AvgIpc) is 3.35. The van der Waals surface area contributed by atoms with Gasteiger partial charge < -0.3 is 10.2 Å². The molecule has 0 spiro atoms. The van der Waals surface area contributed by atoms with E-state index in [-0.39, 0.29) is 17.8 Å². The number of nitrogens with zero attached hydrogens (tertiary/aromatic N) is 5. The molecule has 2 amide bonds. The van der Waals surface area contributed by atoms with Gasteiger partial charge in [0.1, 0.15) is 5.82 Å². The first-order valence-electron chi connectivity index (χ1n) is 11.5. The summed E-state index contributed by atoms with van der Waals surface area (Å²) in [7, 11) is 0. The first kappa shape index (κ1) is 23.0. The summed E-state index contributed by atoms with van der Waals surface area (Å²) in [4.78, 5) is 23.5.